The van der Waals surface area contributed by atoms with Crippen molar-refractivity contribution in [2.45, 2.75) is 0 Å². The van der Waals surface area contributed by atoms with Crippen molar-refractivity contribution in [1.82, 2.24) is 4.98 Å². The van der Waals surface area contributed by atoms with Crippen LogP contribution in [0.1, 0.15) is 0 Å². The summed E-state index contributed by atoms with van der Waals surface area (Å²) >= 11 is 6.09. The van der Waals surface area contributed by atoms with Gasteiger partial charge in [-0.1, -0.05) is 23.7 Å². The number of hydrogen-bond acceptors (Lipinski definition) is 2. The van der Waals surface area contributed by atoms with Crippen LogP contribution < -0.4 is 11.2 Å². The van der Waals surface area contributed by atoms with Crippen molar-refractivity contribution in [3.05, 3.63) is 51.6 Å². The minimum Gasteiger partial charge on any atom is -0.398 e. The number of rotatable bonds is 0. The Morgan fingerprint density at radius 1 is 1.06 bits per heavy atom. The fourth-order valence-electron chi connectivity index (χ4n) is 1.99. The summed E-state index contributed by atoms with van der Waals surface area (Å²) < 4.78 is 0. The number of nitrogens with one attached hydrogen (secondary N) is 1. The molecule has 0 aliphatic rings. The van der Waals surface area contributed by atoms with Gasteiger partial charge in [0.2, 0.25) is 0 Å². The lowest BCUT2D eigenvalue weighted by Gasteiger charge is -2.05. The molecule has 0 saturated carbocycles. The van der Waals surface area contributed by atoms with E-state index in [4.69, 9.17) is 17.3 Å². The van der Waals surface area contributed by atoms with Crippen LogP contribution in [0, 0.1) is 0 Å². The van der Waals surface area contributed by atoms with Gasteiger partial charge in [0, 0.05) is 10.9 Å². The molecule has 0 amide bonds. The van der Waals surface area contributed by atoms with E-state index in [-0.39, 0.29) is 5.43 Å². The summed E-state index contributed by atoms with van der Waals surface area (Å²) in [5.41, 5.74) is 7.54. The third-order valence-electron chi connectivity index (χ3n) is 2.84. The Morgan fingerprint density at radius 3 is 2.65 bits per heavy atom. The van der Waals surface area contributed by atoms with E-state index in [2.05, 4.69) is 4.98 Å². The minimum absolute atomic E-state index is 0.0911. The van der Waals surface area contributed by atoms with Gasteiger partial charge in [0.1, 0.15) is 0 Å². The number of aromatic amines is 1. The van der Waals surface area contributed by atoms with Gasteiger partial charge in [-0.2, -0.15) is 0 Å². The highest BCUT2D eigenvalue weighted by atomic mass is 35.5. The van der Waals surface area contributed by atoms with Crippen molar-refractivity contribution in [2.24, 2.45) is 0 Å². The molecule has 0 aliphatic carbocycles. The summed E-state index contributed by atoms with van der Waals surface area (Å²) in [6, 6.07) is 10.8. The molecule has 3 nitrogen and oxygen atoms in total. The van der Waals surface area contributed by atoms with Gasteiger partial charge in [-0.15, -0.1) is 0 Å². The average Bonchev–Trinajstić information content (AvgIpc) is 2.34. The van der Waals surface area contributed by atoms with E-state index in [0.717, 1.165) is 5.52 Å². The molecule has 3 N–H and O–H groups in total. The SMILES string of the molecule is Nc1ccc2[nH]c3ccccc3c(=O)c2c1Cl. The number of halogens is 1. The van der Waals surface area contributed by atoms with Crippen LogP contribution in [-0.2, 0) is 0 Å². The molecular weight excluding hydrogens is 236 g/mol. The monoisotopic (exact) mass is 244 g/mol. The molecule has 17 heavy (non-hydrogen) atoms. The Hall–Kier alpha value is -2.00. The van der Waals surface area contributed by atoms with Crippen LogP contribution in [0.4, 0.5) is 5.69 Å². The van der Waals surface area contributed by atoms with Gasteiger partial charge in [-0.3, -0.25) is 4.79 Å². The third kappa shape index (κ3) is 1.40. The van der Waals surface area contributed by atoms with Crippen LogP contribution in [0.2, 0.25) is 5.02 Å². The molecule has 0 fully saturated rings. The second kappa shape index (κ2) is 3.50. The molecule has 0 radical (unpaired) electrons. The van der Waals surface area contributed by atoms with E-state index >= 15 is 0 Å². The van der Waals surface area contributed by atoms with Crippen molar-refractivity contribution in [2.75, 3.05) is 5.73 Å². The first-order chi connectivity index (χ1) is 8.18. The molecule has 0 aliphatic heterocycles. The highest BCUT2D eigenvalue weighted by Gasteiger charge is 2.10. The molecular formula is C13H9ClN2O. The van der Waals surface area contributed by atoms with Crippen LogP contribution in [0.3, 0.4) is 0 Å². The van der Waals surface area contributed by atoms with Gasteiger partial charge < -0.3 is 10.7 Å². The number of anilines is 1. The van der Waals surface area contributed by atoms with Crippen LogP contribution in [0.15, 0.2) is 41.2 Å². The Kier molecular flexibility index (Phi) is 2.09. The molecule has 1 aromatic heterocycles. The van der Waals surface area contributed by atoms with Crippen molar-refractivity contribution in [3.8, 4) is 0 Å². The largest absolute Gasteiger partial charge is 0.398 e. The maximum atomic E-state index is 12.3. The zero-order valence-electron chi connectivity index (χ0n) is 8.83. The molecule has 3 rings (SSSR count). The lowest BCUT2D eigenvalue weighted by atomic mass is 10.1. The highest BCUT2D eigenvalue weighted by Crippen LogP contribution is 2.27. The highest BCUT2D eigenvalue weighted by molar-refractivity contribution is 6.38. The number of pyridine rings is 1. The topological polar surface area (TPSA) is 58.9 Å². The van der Waals surface area contributed by atoms with Gasteiger partial charge in [0.15, 0.2) is 5.43 Å². The number of H-pyrrole nitrogens is 1. The quantitative estimate of drug-likeness (QED) is 0.472. The minimum atomic E-state index is -0.0911. The Morgan fingerprint density at radius 2 is 1.82 bits per heavy atom. The zero-order chi connectivity index (χ0) is 12.0. The van der Waals surface area contributed by atoms with E-state index in [0.29, 0.717) is 27.0 Å². The maximum absolute atomic E-state index is 12.3. The van der Waals surface area contributed by atoms with Crippen molar-refractivity contribution in [1.29, 1.82) is 0 Å². The summed E-state index contributed by atoms with van der Waals surface area (Å²) in [6.07, 6.45) is 0. The normalized spacial score (nSPS) is 11.1. The predicted octanol–water partition coefficient (Wildman–Crippen LogP) is 2.92. The summed E-state index contributed by atoms with van der Waals surface area (Å²) in [7, 11) is 0. The van der Waals surface area contributed by atoms with Crippen molar-refractivity contribution < 1.29 is 0 Å². The fourth-order valence-corrected chi connectivity index (χ4v) is 2.24. The smallest absolute Gasteiger partial charge is 0.198 e. The standard InChI is InChI=1S/C13H9ClN2O/c14-12-8(15)5-6-10-11(12)13(17)7-3-1-2-4-9(7)16-10/h1-6H,15H2,(H,16,17). The second-order valence-electron chi connectivity index (χ2n) is 3.89. The van der Waals surface area contributed by atoms with E-state index < -0.39 is 0 Å². The molecule has 3 aromatic rings. The number of nitrogen functional groups attached to an aromatic ring is 1. The van der Waals surface area contributed by atoms with Gasteiger partial charge in [-0.05, 0) is 24.3 Å². The van der Waals surface area contributed by atoms with E-state index in [1.165, 1.54) is 0 Å². The molecule has 0 spiro atoms. The summed E-state index contributed by atoms with van der Waals surface area (Å²) in [5, 5.41) is 1.38. The first-order valence-corrected chi connectivity index (χ1v) is 5.55. The zero-order valence-corrected chi connectivity index (χ0v) is 9.58. The van der Waals surface area contributed by atoms with Crippen LogP contribution >= 0.6 is 11.6 Å². The van der Waals surface area contributed by atoms with E-state index in [1.807, 2.05) is 18.2 Å². The molecule has 0 saturated heterocycles. The van der Waals surface area contributed by atoms with Crippen LogP contribution in [-0.4, -0.2) is 4.98 Å². The molecule has 0 atom stereocenters. The first kappa shape index (κ1) is 10.2. The maximum Gasteiger partial charge on any atom is 0.198 e. The molecule has 2 aromatic carbocycles. The average molecular weight is 245 g/mol. The molecule has 0 bridgehead atoms. The van der Waals surface area contributed by atoms with Gasteiger partial charge in [-0.25, -0.2) is 0 Å². The van der Waals surface area contributed by atoms with Gasteiger partial charge >= 0.3 is 0 Å². The Balaban J connectivity index is 2.66. The molecule has 84 valence electrons. The summed E-state index contributed by atoms with van der Waals surface area (Å²) in [4.78, 5) is 15.5. The third-order valence-corrected chi connectivity index (χ3v) is 3.25. The second-order valence-corrected chi connectivity index (χ2v) is 4.27. The van der Waals surface area contributed by atoms with Crippen molar-refractivity contribution in [3.63, 3.8) is 0 Å². The number of aromatic nitrogens is 1. The number of fused-ring (bicyclic) bond motifs is 2. The fraction of sp³-hybridized carbons (Fsp3) is 0. The lowest BCUT2D eigenvalue weighted by Crippen LogP contribution is -2.05. The Labute approximate surface area is 102 Å². The van der Waals surface area contributed by atoms with E-state index in [9.17, 15) is 4.79 Å². The van der Waals surface area contributed by atoms with Gasteiger partial charge in [0.05, 0.1) is 21.6 Å². The number of nitrogens with two attached hydrogens (primary N) is 1. The lowest BCUT2D eigenvalue weighted by molar-refractivity contribution is 1.48. The number of benzene rings is 2. The van der Waals surface area contributed by atoms with Gasteiger partial charge in [0.25, 0.3) is 0 Å². The molecule has 1 heterocycles. The summed E-state index contributed by atoms with van der Waals surface area (Å²) in [5.74, 6) is 0. The van der Waals surface area contributed by atoms with Crippen LogP contribution in [0.25, 0.3) is 21.8 Å². The predicted molar refractivity (Wildman–Crippen MR) is 71.5 cm³/mol. The van der Waals surface area contributed by atoms with Crippen molar-refractivity contribution >= 4 is 39.1 Å². The first-order valence-electron chi connectivity index (χ1n) is 5.17. The van der Waals surface area contributed by atoms with E-state index in [1.54, 1.807) is 18.2 Å². The number of hydrogen-bond donors (Lipinski definition) is 2. The molecule has 0 unspecified atom stereocenters. The molecule has 4 heteroatoms. The Bertz CT molecular complexity index is 792. The number of para-hydroxylation sites is 1. The summed E-state index contributed by atoms with van der Waals surface area (Å²) in [6.45, 7) is 0. The van der Waals surface area contributed by atoms with Crippen LogP contribution in [0.5, 0.6) is 0 Å².